The van der Waals surface area contributed by atoms with Crippen LogP contribution in [0.25, 0.3) is 0 Å². The molecule has 1 aromatic rings. The van der Waals surface area contributed by atoms with Crippen LogP contribution in [0.1, 0.15) is 18.5 Å². The third-order valence-electron chi connectivity index (χ3n) is 1.71. The predicted molar refractivity (Wildman–Crippen MR) is 34.9 cm³/mol. The summed E-state index contributed by atoms with van der Waals surface area (Å²) in [5.41, 5.74) is 1.35. The third-order valence-corrected chi connectivity index (χ3v) is 1.71. The molecular formula is C7H9N2. The minimum absolute atomic E-state index is 1.19. The van der Waals surface area contributed by atoms with Crippen molar-refractivity contribution in [2.45, 2.75) is 19.3 Å². The van der Waals surface area contributed by atoms with Gasteiger partial charge in [0.25, 0.3) is 0 Å². The second-order valence-electron chi connectivity index (χ2n) is 2.37. The number of aryl methyl sites for hydroxylation is 1. The number of hydrogen-bond acceptors (Lipinski definition) is 1. The molecule has 2 nitrogen and oxygen atoms in total. The fourth-order valence-electron chi connectivity index (χ4n) is 1.20. The minimum atomic E-state index is 1.19. The first-order valence-electron chi connectivity index (χ1n) is 3.31. The van der Waals surface area contributed by atoms with Gasteiger partial charge in [-0.2, -0.15) is 0 Å². The number of imidazole rings is 1. The zero-order valence-corrected chi connectivity index (χ0v) is 5.25. The van der Waals surface area contributed by atoms with Crippen molar-refractivity contribution in [3.05, 3.63) is 24.8 Å². The molecule has 0 aliphatic carbocycles. The number of nitrogens with zero attached hydrogens (tertiary/aromatic N) is 2. The standard InChI is InChI=1S/C7H9N2/c1-2-4-9-6-8-5-7(9)3-1/h4-6H,1-3H2. The zero-order valence-electron chi connectivity index (χ0n) is 5.25. The highest BCUT2D eigenvalue weighted by molar-refractivity contribution is 5.04. The molecule has 0 amide bonds. The first-order valence-corrected chi connectivity index (χ1v) is 3.31. The van der Waals surface area contributed by atoms with Crippen LogP contribution >= 0.6 is 0 Å². The molecule has 0 bridgehead atoms. The first-order chi connectivity index (χ1) is 4.47. The van der Waals surface area contributed by atoms with Crippen LogP contribution in [0.2, 0.25) is 0 Å². The number of fused-ring (bicyclic) bond motifs is 1. The Kier molecular flexibility index (Phi) is 1.04. The molecule has 0 saturated heterocycles. The van der Waals surface area contributed by atoms with Crippen molar-refractivity contribution in [2.75, 3.05) is 0 Å². The minimum Gasteiger partial charge on any atom is -0.329 e. The molecule has 1 aliphatic rings. The van der Waals surface area contributed by atoms with Gasteiger partial charge in [-0.05, 0) is 19.3 Å². The van der Waals surface area contributed by atoms with E-state index in [9.17, 15) is 0 Å². The first kappa shape index (κ1) is 5.03. The summed E-state index contributed by atoms with van der Waals surface area (Å²) >= 11 is 0. The van der Waals surface area contributed by atoms with E-state index in [0.29, 0.717) is 0 Å². The molecule has 0 spiro atoms. The van der Waals surface area contributed by atoms with E-state index in [1.54, 1.807) is 0 Å². The van der Waals surface area contributed by atoms with Crippen LogP contribution in [-0.4, -0.2) is 9.55 Å². The average molecular weight is 121 g/mol. The largest absolute Gasteiger partial charge is 0.329 e. The van der Waals surface area contributed by atoms with Gasteiger partial charge in [-0.1, -0.05) is 0 Å². The molecule has 9 heavy (non-hydrogen) atoms. The smallest absolute Gasteiger partial charge is 0.0951 e. The lowest BCUT2D eigenvalue weighted by Crippen LogP contribution is -2.05. The van der Waals surface area contributed by atoms with Crippen LogP contribution in [0, 0.1) is 6.54 Å². The molecule has 0 atom stereocenters. The van der Waals surface area contributed by atoms with Gasteiger partial charge in [-0.25, -0.2) is 4.98 Å². The van der Waals surface area contributed by atoms with Gasteiger partial charge < -0.3 is 4.57 Å². The highest BCUT2D eigenvalue weighted by Gasteiger charge is 2.06. The van der Waals surface area contributed by atoms with Crippen molar-refractivity contribution in [2.24, 2.45) is 0 Å². The highest BCUT2D eigenvalue weighted by atomic mass is 15.0. The number of rotatable bonds is 0. The topological polar surface area (TPSA) is 17.8 Å². The summed E-state index contributed by atoms with van der Waals surface area (Å²) in [5.74, 6) is 0. The Bertz CT molecular complexity index is 182. The van der Waals surface area contributed by atoms with Crippen LogP contribution in [0.4, 0.5) is 0 Å². The molecule has 2 heteroatoms. The summed E-state index contributed by atoms with van der Waals surface area (Å²) in [6.07, 6.45) is 7.48. The summed E-state index contributed by atoms with van der Waals surface area (Å²) in [4.78, 5) is 4.04. The van der Waals surface area contributed by atoms with E-state index >= 15 is 0 Å². The molecule has 1 aliphatic heterocycles. The van der Waals surface area contributed by atoms with Gasteiger partial charge in [0, 0.05) is 11.9 Å². The maximum absolute atomic E-state index is 4.04. The SMILES string of the molecule is [CH]1CCCc2cncn21. The Labute approximate surface area is 54.5 Å². The predicted octanol–water partition coefficient (Wildman–Crippen LogP) is 1.23. The summed E-state index contributed by atoms with van der Waals surface area (Å²) in [5, 5.41) is 0. The van der Waals surface area contributed by atoms with Gasteiger partial charge in [-0.15, -0.1) is 0 Å². The highest BCUT2D eigenvalue weighted by Crippen LogP contribution is 2.13. The fraction of sp³-hybridized carbons (Fsp3) is 0.429. The maximum atomic E-state index is 4.04. The van der Waals surface area contributed by atoms with Crippen molar-refractivity contribution >= 4 is 0 Å². The monoisotopic (exact) mass is 121 g/mol. The molecule has 0 fully saturated rings. The molecule has 0 unspecified atom stereocenters. The summed E-state index contributed by atoms with van der Waals surface area (Å²) in [6, 6.07) is 0. The van der Waals surface area contributed by atoms with Crippen LogP contribution in [0.5, 0.6) is 0 Å². The van der Waals surface area contributed by atoms with E-state index in [1.807, 2.05) is 12.5 Å². The second kappa shape index (κ2) is 1.87. The Morgan fingerprint density at radius 3 is 3.44 bits per heavy atom. The third kappa shape index (κ3) is 0.745. The average Bonchev–Trinajstić information content (AvgIpc) is 2.33. The van der Waals surface area contributed by atoms with Gasteiger partial charge in [0.05, 0.1) is 12.9 Å². The van der Waals surface area contributed by atoms with Gasteiger partial charge in [-0.3, -0.25) is 0 Å². The molecule has 0 N–H and O–H groups in total. The van der Waals surface area contributed by atoms with Gasteiger partial charge in [0.15, 0.2) is 0 Å². The Balaban J connectivity index is 2.39. The van der Waals surface area contributed by atoms with Crippen molar-refractivity contribution in [1.82, 2.24) is 9.55 Å². The normalized spacial score (nSPS) is 17.3. The van der Waals surface area contributed by atoms with Crippen molar-refractivity contribution < 1.29 is 0 Å². The van der Waals surface area contributed by atoms with Crippen molar-refractivity contribution in [3.8, 4) is 0 Å². The summed E-state index contributed by atoms with van der Waals surface area (Å²) in [7, 11) is 0. The molecule has 2 heterocycles. The van der Waals surface area contributed by atoms with Crippen LogP contribution < -0.4 is 0 Å². The van der Waals surface area contributed by atoms with Gasteiger partial charge >= 0.3 is 0 Å². The molecule has 0 aromatic carbocycles. The lowest BCUT2D eigenvalue weighted by Gasteiger charge is -2.11. The van der Waals surface area contributed by atoms with Crippen LogP contribution in [0.3, 0.4) is 0 Å². The van der Waals surface area contributed by atoms with Crippen molar-refractivity contribution in [1.29, 1.82) is 0 Å². The van der Waals surface area contributed by atoms with E-state index in [2.05, 4.69) is 16.1 Å². The Hall–Kier alpha value is -0.790. The fourth-order valence-corrected chi connectivity index (χ4v) is 1.20. The lowest BCUT2D eigenvalue weighted by molar-refractivity contribution is 0.655. The molecule has 1 radical (unpaired) electrons. The summed E-state index contributed by atoms with van der Waals surface area (Å²) < 4.78 is 2.11. The molecular weight excluding hydrogens is 112 g/mol. The molecule has 0 saturated carbocycles. The molecule has 47 valence electrons. The molecule has 2 rings (SSSR count). The van der Waals surface area contributed by atoms with Crippen LogP contribution in [-0.2, 0) is 6.42 Å². The van der Waals surface area contributed by atoms with Crippen LogP contribution in [0.15, 0.2) is 12.5 Å². The van der Waals surface area contributed by atoms with E-state index in [-0.39, 0.29) is 0 Å². The van der Waals surface area contributed by atoms with E-state index in [4.69, 9.17) is 0 Å². The van der Waals surface area contributed by atoms with Gasteiger partial charge in [0.2, 0.25) is 0 Å². The lowest BCUT2D eigenvalue weighted by atomic mass is 10.1. The quantitative estimate of drug-likeness (QED) is 0.504. The molecule has 1 aromatic heterocycles. The summed E-state index contributed by atoms with van der Waals surface area (Å²) in [6.45, 7) is 2.19. The van der Waals surface area contributed by atoms with Gasteiger partial charge in [0.1, 0.15) is 0 Å². The number of hydrogen-bond donors (Lipinski definition) is 0. The Morgan fingerprint density at radius 1 is 1.56 bits per heavy atom. The zero-order chi connectivity index (χ0) is 6.10. The maximum Gasteiger partial charge on any atom is 0.0951 e. The number of aromatic nitrogens is 2. The van der Waals surface area contributed by atoms with E-state index in [1.165, 1.54) is 25.0 Å². The van der Waals surface area contributed by atoms with E-state index in [0.717, 1.165) is 0 Å². The van der Waals surface area contributed by atoms with E-state index < -0.39 is 0 Å². The Morgan fingerprint density at radius 2 is 2.56 bits per heavy atom. The van der Waals surface area contributed by atoms with Crippen molar-refractivity contribution in [3.63, 3.8) is 0 Å². The second-order valence-corrected chi connectivity index (χ2v) is 2.37.